The van der Waals surface area contributed by atoms with Crippen LogP contribution in [0.4, 0.5) is 0 Å². The first-order valence-electron chi connectivity index (χ1n) is 10.8. The third-order valence-corrected chi connectivity index (χ3v) is 8.33. The van der Waals surface area contributed by atoms with Crippen molar-refractivity contribution in [3.8, 4) is 0 Å². The highest BCUT2D eigenvalue weighted by molar-refractivity contribution is 8.00. The minimum absolute atomic E-state index is 0.0785. The van der Waals surface area contributed by atoms with Crippen LogP contribution in [0.5, 0.6) is 0 Å². The van der Waals surface area contributed by atoms with E-state index in [-0.39, 0.29) is 11.5 Å². The summed E-state index contributed by atoms with van der Waals surface area (Å²) < 4.78 is 30.2. The van der Waals surface area contributed by atoms with Crippen LogP contribution in [0.1, 0.15) is 22.3 Å². The van der Waals surface area contributed by atoms with E-state index < -0.39 is 14.9 Å². The lowest BCUT2D eigenvalue weighted by Crippen LogP contribution is -2.27. The van der Waals surface area contributed by atoms with Gasteiger partial charge in [-0.15, -0.1) is 11.8 Å². The molecule has 0 aliphatic carbocycles. The van der Waals surface area contributed by atoms with Crippen molar-refractivity contribution < 1.29 is 12.6 Å². The second-order valence-electron chi connectivity index (χ2n) is 7.72. The molecule has 0 fully saturated rings. The molecule has 168 valence electrons. The summed E-state index contributed by atoms with van der Waals surface area (Å²) in [7, 11) is -3.80. The molecule has 0 spiro atoms. The Morgan fingerprint density at radius 1 is 0.667 bits per heavy atom. The van der Waals surface area contributed by atoms with E-state index in [1.54, 1.807) is 36.0 Å². The molecule has 0 heterocycles. The Balaban J connectivity index is 1.64. The van der Waals surface area contributed by atoms with Crippen LogP contribution in [0, 0.1) is 6.92 Å². The van der Waals surface area contributed by atoms with Gasteiger partial charge in [0.2, 0.25) is 0 Å². The Kier molecular flexibility index (Phi) is 7.33. The molecule has 0 bridgehead atoms. The highest BCUT2D eigenvalue weighted by Crippen LogP contribution is 2.48. The maximum Gasteiger partial charge on any atom is 0.296 e. The first kappa shape index (κ1) is 23.3. The second kappa shape index (κ2) is 10.4. The minimum atomic E-state index is -3.80. The predicted octanol–water partition coefficient (Wildman–Crippen LogP) is 6.43. The predicted molar refractivity (Wildman–Crippen MR) is 136 cm³/mol. The summed E-state index contributed by atoms with van der Waals surface area (Å²) in [5, 5.41) is 0. The van der Waals surface area contributed by atoms with Crippen LogP contribution in [0.3, 0.4) is 0 Å². The molecule has 0 aromatic heterocycles. The van der Waals surface area contributed by atoms with Crippen LogP contribution < -0.4 is 0 Å². The Hall–Kier alpha value is -2.86. The molecule has 0 amide bonds. The molecule has 0 radical (unpaired) electrons. The molecular formula is C28H26O3S2. The van der Waals surface area contributed by atoms with Gasteiger partial charge in [-0.3, -0.25) is 4.18 Å². The number of thioether (sulfide) groups is 1. The van der Waals surface area contributed by atoms with E-state index in [2.05, 4.69) is 36.4 Å². The van der Waals surface area contributed by atoms with E-state index in [0.717, 1.165) is 22.3 Å². The van der Waals surface area contributed by atoms with Crippen LogP contribution in [-0.4, -0.2) is 20.8 Å². The Morgan fingerprint density at radius 2 is 1.09 bits per heavy atom. The maximum atomic E-state index is 12.6. The van der Waals surface area contributed by atoms with Crippen molar-refractivity contribution in [2.75, 3.05) is 12.4 Å². The van der Waals surface area contributed by atoms with Crippen molar-refractivity contribution in [1.29, 1.82) is 0 Å². The molecule has 0 saturated carbocycles. The van der Waals surface area contributed by atoms with Crippen molar-refractivity contribution in [2.45, 2.75) is 16.6 Å². The molecule has 3 nitrogen and oxygen atoms in total. The lowest BCUT2D eigenvalue weighted by molar-refractivity contribution is 0.341. The highest BCUT2D eigenvalue weighted by Gasteiger charge is 2.36. The smallest absolute Gasteiger partial charge is 0.266 e. The molecule has 0 atom stereocenters. The molecule has 0 unspecified atom stereocenters. The van der Waals surface area contributed by atoms with Gasteiger partial charge in [-0.2, -0.15) is 8.42 Å². The summed E-state index contributed by atoms with van der Waals surface area (Å²) >= 11 is 1.68. The Bertz CT molecular complexity index is 1160. The molecule has 33 heavy (non-hydrogen) atoms. The lowest BCUT2D eigenvalue weighted by atomic mass is 9.84. The fourth-order valence-electron chi connectivity index (χ4n) is 3.88. The van der Waals surface area contributed by atoms with E-state index >= 15 is 0 Å². The van der Waals surface area contributed by atoms with Gasteiger partial charge in [0.1, 0.15) is 0 Å². The van der Waals surface area contributed by atoms with Gasteiger partial charge in [0, 0.05) is 5.75 Å². The van der Waals surface area contributed by atoms with E-state index in [0.29, 0.717) is 5.75 Å². The average molecular weight is 475 g/mol. The molecule has 4 aromatic carbocycles. The number of hydrogen-bond donors (Lipinski definition) is 0. The van der Waals surface area contributed by atoms with Crippen molar-refractivity contribution in [3.05, 3.63) is 138 Å². The quantitative estimate of drug-likeness (QED) is 0.159. The van der Waals surface area contributed by atoms with E-state index in [4.69, 9.17) is 4.18 Å². The fourth-order valence-corrected chi connectivity index (χ4v) is 6.27. The van der Waals surface area contributed by atoms with Gasteiger partial charge in [-0.1, -0.05) is 109 Å². The Morgan fingerprint density at radius 3 is 1.52 bits per heavy atom. The van der Waals surface area contributed by atoms with E-state index in [1.165, 1.54) is 0 Å². The molecule has 0 N–H and O–H groups in total. The summed E-state index contributed by atoms with van der Waals surface area (Å²) in [5.41, 5.74) is 4.40. The standard InChI is InChI=1S/C28H26O3S2/c1-23-17-19-27(20-18-23)33(29,30)31-21-22-32-28(24-11-5-2-6-12-24,25-13-7-3-8-14-25)26-15-9-4-10-16-26/h2-20H,21-22H2,1H3. The summed E-state index contributed by atoms with van der Waals surface area (Å²) in [4.78, 5) is 0.179. The van der Waals surface area contributed by atoms with Crippen molar-refractivity contribution >= 4 is 21.9 Å². The van der Waals surface area contributed by atoms with E-state index in [1.807, 2.05) is 61.5 Å². The third-order valence-electron chi connectivity index (χ3n) is 5.49. The van der Waals surface area contributed by atoms with Crippen LogP contribution in [0.25, 0.3) is 0 Å². The zero-order valence-corrected chi connectivity index (χ0v) is 20.1. The van der Waals surface area contributed by atoms with Gasteiger partial charge >= 0.3 is 0 Å². The van der Waals surface area contributed by atoms with Crippen molar-refractivity contribution in [3.63, 3.8) is 0 Å². The van der Waals surface area contributed by atoms with Crippen LogP contribution in [0.2, 0.25) is 0 Å². The largest absolute Gasteiger partial charge is 0.296 e. The molecule has 0 aliphatic rings. The summed E-state index contributed by atoms with van der Waals surface area (Å²) in [5.74, 6) is 0.490. The topological polar surface area (TPSA) is 43.4 Å². The maximum absolute atomic E-state index is 12.6. The summed E-state index contributed by atoms with van der Waals surface area (Å²) in [6.07, 6.45) is 0. The van der Waals surface area contributed by atoms with Gasteiger partial charge in [0.25, 0.3) is 10.1 Å². The zero-order valence-electron chi connectivity index (χ0n) is 18.4. The normalized spacial score (nSPS) is 11.9. The lowest BCUT2D eigenvalue weighted by Gasteiger charge is -2.35. The molecule has 5 heteroatoms. The zero-order chi connectivity index (χ0) is 23.2. The minimum Gasteiger partial charge on any atom is -0.266 e. The van der Waals surface area contributed by atoms with Crippen molar-refractivity contribution in [1.82, 2.24) is 0 Å². The Labute approximate surface area is 200 Å². The SMILES string of the molecule is Cc1ccc(S(=O)(=O)OCCSC(c2ccccc2)(c2ccccc2)c2ccccc2)cc1. The fraction of sp³-hybridized carbons (Fsp3) is 0.143. The van der Waals surface area contributed by atoms with Crippen LogP contribution in [0.15, 0.2) is 120 Å². The molecule has 0 saturated heterocycles. The monoisotopic (exact) mass is 474 g/mol. The van der Waals surface area contributed by atoms with Gasteiger partial charge in [0.15, 0.2) is 0 Å². The van der Waals surface area contributed by atoms with Gasteiger partial charge in [-0.05, 0) is 35.7 Å². The summed E-state index contributed by atoms with van der Waals surface area (Å²) in [6, 6.07) is 37.7. The number of hydrogen-bond acceptors (Lipinski definition) is 4. The average Bonchev–Trinajstić information content (AvgIpc) is 2.86. The molecule has 0 aliphatic heterocycles. The second-order valence-corrected chi connectivity index (χ2v) is 10.6. The summed E-state index contributed by atoms with van der Waals surface area (Å²) in [6.45, 7) is 2.00. The van der Waals surface area contributed by atoms with Gasteiger partial charge < -0.3 is 0 Å². The highest BCUT2D eigenvalue weighted by atomic mass is 32.2. The first-order valence-corrected chi connectivity index (χ1v) is 13.2. The number of aryl methyl sites for hydroxylation is 1. The van der Waals surface area contributed by atoms with Crippen LogP contribution in [-0.2, 0) is 19.0 Å². The van der Waals surface area contributed by atoms with E-state index in [9.17, 15) is 8.42 Å². The van der Waals surface area contributed by atoms with Crippen LogP contribution >= 0.6 is 11.8 Å². The number of rotatable bonds is 9. The number of benzene rings is 4. The van der Waals surface area contributed by atoms with Gasteiger partial charge in [0.05, 0.1) is 16.2 Å². The molecular weight excluding hydrogens is 448 g/mol. The molecule has 4 aromatic rings. The van der Waals surface area contributed by atoms with Gasteiger partial charge in [-0.25, -0.2) is 0 Å². The third kappa shape index (κ3) is 5.22. The van der Waals surface area contributed by atoms with Crippen molar-refractivity contribution in [2.24, 2.45) is 0 Å². The first-order chi connectivity index (χ1) is 16.0. The molecule has 4 rings (SSSR count).